The van der Waals surface area contributed by atoms with Gasteiger partial charge in [0.2, 0.25) is 0 Å². The minimum Gasteiger partial charge on any atom is -0.384 e. The molecule has 0 atom stereocenters. The van der Waals surface area contributed by atoms with Crippen LogP contribution >= 0.6 is 0 Å². The van der Waals surface area contributed by atoms with Gasteiger partial charge in [-0.1, -0.05) is 30.7 Å². The Balaban J connectivity index is 1.88. The largest absolute Gasteiger partial charge is 0.384 e. The maximum atomic E-state index is 5.79. The molecule has 0 radical (unpaired) electrons. The molecule has 3 heteroatoms. The minimum atomic E-state index is 0.697. The molecular weight excluding hydrogens is 210 g/mol. The summed E-state index contributed by atoms with van der Waals surface area (Å²) in [5, 5.41) is 4.38. The predicted molar refractivity (Wildman–Crippen MR) is 69.6 cm³/mol. The van der Waals surface area contributed by atoms with Crippen LogP contribution in [0.1, 0.15) is 30.7 Å². The van der Waals surface area contributed by atoms with Crippen LogP contribution in [0.25, 0.3) is 11.3 Å². The van der Waals surface area contributed by atoms with E-state index in [-0.39, 0.29) is 0 Å². The molecular formula is C14H17N3. The number of nitrogen functional groups attached to an aromatic ring is 1. The highest BCUT2D eigenvalue weighted by atomic mass is 15.3. The van der Waals surface area contributed by atoms with Crippen LogP contribution in [0.4, 0.5) is 5.82 Å². The summed E-state index contributed by atoms with van der Waals surface area (Å²) in [6.45, 7) is 0. The van der Waals surface area contributed by atoms with Crippen LogP contribution in [0, 0.1) is 0 Å². The molecule has 0 aliphatic heterocycles. The highest BCUT2D eigenvalue weighted by Crippen LogP contribution is 2.36. The monoisotopic (exact) mass is 227 g/mol. The van der Waals surface area contributed by atoms with Gasteiger partial charge < -0.3 is 5.73 Å². The first-order valence-corrected chi connectivity index (χ1v) is 6.14. The summed E-state index contributed by atoms with van der Waals surface area (Å²) >= 11 is 0. The summed E-state index contributed by atoms with van der Waals surface area (Å²) in [6, 6.07) is 10.7. The normalized spacial score (nSPS) is 15.8. The third kappa shape index (κ3) is 1.82. The fourth-order valence-corrected chi connectivity index (χ4v) is 2.29. The number of benzene rings is 1. The zero-order chi connectivity index (χ0) is 11.8. The van der Waals surface area contributed by atoms with Crippen molar-refractivity contribution < 1.29 is 0 Å². The van der Waals surface area contributed by atoms with E-state index in [0.717, 1.165) is 17.2 Å². The Kier molecular flexibility index (Phi) is 2.39. The van der Waals surface area contributed by atoms with Crippen molar-refractivity contribution in [2.45, 2.75) is 25.2 Å². The summed E-state index contributed by atoms with van der Waals surface area (Å²) in [5.74, 6) is 1.49. The van der Waals surface area contributed by atoms with Gasteiger partial charge >= 0.3 is 0 Å². The molecule has 0 bridgehead atoms. The molecule has 3 rings (SSSR count). The van der Waals surface area contributed by atoms with Crippen molar-refractivity contribution in [1.82, 2.24) is 9.78 Å². The highest BCUT2D eigenvalue weighted by molar-refractivity contribution is 5.62. The lowest BCUT2D eigenvalue weighted by Gasteiger charge is -2.25. The van der Waals surface area contributed by atoms with Gasteiger partial charge in [0.1, 0.15) is 5.82 Å². The smallest absolute Gasteiger partial charge is 0.121 e. The Morgan fingerprint density at radius 1 is 1.24 bits per heavy atom. The Hall–Kier alpha value is -1.77. The second-order valence-electron chi connectivity index (χ2n) is 4.83. The Bertz CT molecular complexity index is 501. The lowest BCUT2D eigenvalue weighted by Crippen LogP contribution is -2.08. The summed E-state index contributed by atoms with van der Waals surface area (Å²) in [4.78, 5) is 0. The van der Waals surface area contributed by atoms with Crippen LogP contribution in [0.15, 0.2) is 30.3 Å². The van der Waals surface area contributed by atoms with Gasteiger partial charge in [0, 0.05) is 18.7 Å². The van der Waals surface area contributed by atoms with Gasteiger partial charge in [-0.05, 0) is 24.3 Å². The van der Waals surface area contributed by atoms with Gasteiger partial charge in [0.15, 0.2) is 0 Å². The predicted octanol–water partition coefficient (Wildman–Crippen LogP) is 2.94. The average molecular weight is 227 g/mol. The molecule has 0 spiro atoms. The highest BCUT2D eigenvalue weighted by Gasteiger charge is 2.19. The number of nitrogens with two attached hydrogens (primary N) is 1. The van der Waals surface area contributed by atoms with Crippen LogP contribution in [-0.4, -0.2) is 9.78 Å². The topological polar surface area (TPSA) is 43.8 Å². The van der Waals surface area contributed by atoms with Gasteiger partial charge in [-0.15, -0.1) is 0 Å². The van der Waals surface area contributed by atoms with Crippen molar-refractivity contribution in [3.8, 4) is 11.3 Å². The summed E-state index contributed by atoms with van der Waals surface area (Å²) in [7, 11) is 1.86. The number of nitrogens with zero attached hydrogens (tertiary/aromatic N) is 2. The van der Waals surface area contributed by atoms with E-state index in [9.17, 15) is 0 Å². The molecule has 2 N–H and O–H groups in total. The maximum absolute atomic E-state index is 5.79. The average Bonchev–Trinajstić information content (AvgIpc) is 2.58. The lowest BCUT2D eigenvalue weighted by atomic mass is 9.80. The van der Waals surface area contributed by atoms with Crippen LogP contribution in [0.5, 0.6) is 0 Å². The SMILES string of the molecule is Cn1nc(-c2ccc(C3CCC3)cc2)cc1N. The van der Waals surface area contributed by atoms with Crippen LogP contribution in [0.3, 0.4) is 0 Å². The van der Waals surface area contributed by atoms with E-state index in [1.54, 1.807) is 4.68 Å². The van der Waals surface area contributed by atoms with E-state index < -0.39 is 0 Å². The zero-order valence-electron chi connectivity index (χ0n) is 10.1. The molecule has 1 heterocycles. The molecule has 0 amide bonds. The molecule has 0 saturated heterocycles. The third-order valence-electron chi connectivity index (χ3n) is 3.70. The molecule has 0 unspecified atom stereocenters. The van der Waals surface area contributed by atoms with E-state index in [1.807, 2.05) is 13.1 Å². The minimum absolute atomic E-state index is 0.697. The van der Waals surface area contributed by atoms with Crippen molar-refractivity contribution in [1.29, 1.82) is 0 Å². The molecule has 1 aliphatic rings. The Morgan fingerprint density at radius 3 is 2.41 bits per heavy atom. The van der Waals surface area contributed by atoms with Crippen molar-refractivity contribution in [3.05, 3.63) is 35.9 Å². The van der Waals surface area contributed by atoms with E-state index in [4.69, 9.17) is 5.73 Å². The molecule has 88 valence electrons. The Morgan fingerprint density at radius 2 is 1.94 bits per heavy atom. The van der Waals surface area contributed by atoms with Gasteiger partial charge in [-0.25, -0.2) is 0 Å². The maximum Gasteiger partial charge on any atom is 0.121 e. The van der Waals surface area contributed by atoms with Crippen molar-refractivity contribution >= 4 is 5.82 Å². The van der Waals surface area contributed by atoms with Crippen LogP contribution < -0.4 is 5.73 Å². The summed E-state index contributed by atoms with van der Waals surface area (Å²) in [6.07, 6.45) is 4.06. The van der Waals surface area contributed by atoms with E-state index >= 15 is 0 Å². The number of anilines is 1. The summed E-state index contributed by atoms with van der Waals surface area (Å²) in [5.41, 5.74) is 9.34. The second kappa shape index (κ2) is 3.91. The standard InChI is InChI=1S/C14H17N3/c1-17-14(15)9-13(16-17)12-7-5-11(6-8-12)10-3-2-4-10/h5-10H,2-4,15H2,1H3. The molecule has 3 nitrogen and oxygen atoms in total. The number of aromatic nitrogens is 2. The van der Waals surface area contributed by atoms with Gasteiger partial charge in [-0.3, -0.25) is 4.68 Å². The lowest BCUT2D eigenvalue weighted by molar-refractivity contribution is 0.420. The van der Waals surface area contributed by atoms with Gasteiger partial charge in [-0.2, -0.15) is 5.10 Å². The van der Waals surface area contributed by atoms with Gasteiger partial charge in [0.25, 0.3) is 0 Å². The first-order chi connectivity index (χ1) is 8.24. The fraction of sp³-hybridized carbons (Fsp3) is 0.357. The first-order valence-electron chi connectivity index (χ1n) is 6.14. The van der Waals surface area contributed by atoms with Crippen LogP contribution in [-0.2, 0) is 7.05 Å². The number of aryl methyl sites for hydroxylation is 1. The number of rotatable bonds is 2. The molecule has 1 aliphatic carbocycles. The summed E-state index contributed by atoms with van der Waals surface area (Å²) < 4.78 is 1.70. The number of hydrogen-bond donors (Lipinski definition) is 1. The fourth-order valence-electron chi connectivity index (χ4n) is 2.29. The Labute approximate surface area is 101 Å². The van der Waals surface area contributed by atoms with E-state index in [2.05, 4.69) is 29.4 Å². The number of hydrogen-bond acceptors (Lipinski definition) is 2. The van der Waals surface area contributed by atoms with Crippen LogP contribution in [0.2, 0.25) is 0 Å². The first kappa shape index (κ1) is 10.4. The molecule has 2 aromatic rings. The second-order valence-corrected chi connectivity index (χ2v) is 4.83. The van der Waals surface area contributed by atoms with E-state index in [1.165, 1.54) is 24.8 Å². The van der Waals surface area contributed by atoms with Crippen molar-refractivity contribution in [2.24, 2.45) is 7.05 Å². The third-order valence-corrected chi connectivity index (χ3v) is 3.70. The molecule has 1 aromatic heterocycles. The molecule has 1 saturated carbocycles. The quantitative estimate of drug-likeness (QED) is 0.857. The molecule has 1 fully saturated rings. The molecule has 17 heavy (non-hydrogen) atoms. The van der Waals surface area contributed by atoms with Crippen molar-refractivity contribution in [2.75, 3.05) is 5.73 Å². The molecule has 1 aromatic carbocycles. The zero-order valence-corrected chi connectivity index (χ0v) is 10.1. The van der Waals surface area contributed by atoms with E-state index in [0.29, 0.717) is 5.82 Å². The van der Waals surface area contributed by atoms with Gasteiger partial charge in [0.05, 0.1) is 5.69 Å². The van der Waals surface area contributed by atoms with Crippen molar-refractivity contribution in [3.63, 3.8) is 0 Å².